The smallest absolute Gasteiger partial charge is 0.231 e. The van der Waals surface area contributed by atoms with Crippen molar-refractivity contribution in [2.45, 2.75) is 68.8 Å². The number of aryl methyl sites for hydroxylation is 1. The Kier molecular flexibility index (Phi) is 9.49. The van der Waals surface area contributed by atoms with Crippen molar-refractivity contribution in [1.29, 1.82) is 0 Å². The number of nitrogens with one attached hydrogen (secondary N) is 1. The van der Waals surface area contributed by atoms with Gasteiger partial charge in [-0.25, -0.2) is 8.60 Å². The van der Waals surface area contributed by atoms with Gasteiger partial charge >= 0.3 is 0 Å². The van der Waals surface area contributed by atoms with Crippen LogP contribution in [0, 0.1) is 11.8 Å². The van der Waals surface area contributed by atoms with Gasteiger partial charge in [-0.3, -0.25) is 9.52 Å². The topological polar surface area (TPSA) is 67.9 Å². The summed E-state index contributed by atoms with van der Waals surface area (Å²) < 4.78 is 42.6. The van der Waals surface area contributed by atoms with Crippen molar-refractivity contribution in [2.24, 2.45) is 11.8 Å². The SMILES string of the molecule is CCCc1cc(Cl)ccc1C1COc2ccc3cc2N(C1)CC1CCC1C(OC)/C=C(\F)CCCC(=O)NS3=O. The minimum Gasteiger partial charge on any atom is -0.491 e. The highest BCUT2D eigenvalue weighted by Crippen LogP contribution is 2.43. The molecule has 0 saturated heterocycles. The van der Waals surface area contributed by atoms with E-state index in [9.17, 15) is 13.4 Å². The molecule has 2 aliphatic heterocycles. The molecule has 1 saturated carbocycles. The second kappa shape index (κ2) is 13.0. The molecule has 40 heavy (non-hydrogen) atoms. The van der Waals surface area contributed by atoms with Crippen molar-refractivity contribution in [1.82, 2.24) is 4.72 Å². The van der Waals surface area contributed by atoms with Gasteiger partial charge in [-0.05, 0) is 91.5 Å². The van der Waals surface area contributed by atoms with E-state index >= 15 is 0 Å². The predicted molar refractivity (Wildman–Crippen MR) is 157 cm³/mol. The zero-order valence-electron chi connectivity index (χ0n) is 23.2. The molecule has 216 valence electrons. The number of carbonyl (C=O) groups excluding carboxylic acids is 1. The number of carbonyl (C=O) groups is 1. The number of allylic oxidation sites excluding steroid dienone is 1. The van der Waals surface area contributed by atoms with Crippen molar-refractivity contribution in [2.75, 3.05) is 31.7 Å². The Hall–Kier alpha value is -2.42. The van der Waals surface area contributed by atoms with Gasteiger partial charge in [-0.1, -0.05) is 31.0 Å². The van der Waals surface area contributed by atoms with Crippen LogP contribution < -0.4 is 14.4 Å². The third-order valence-corrected chi connectivity index (χ3v) is 9.76. The summed E-state index contributed by atoms with van der Waals surface area (Å²) >= 11 is 6.37. The Bertz CT molecular complexity index is 1290. The van der Waals surface area contributed by atoms with E-state index in [1.165, 1.54) is 11.1 Å². The standard InChI is InChI=1S/C31H38ClFN2O4S/c1-3-5-20-14-23(32)9-12-26(20)22-18-35-17-21-8-11-27(21)30(38-2)15-24(33)6-4-7-31(36)34-40(37)25-10-13-29(39-19-22)28(35)16-25/h9-10,12-16,21-22,27,30H,3-8,11,17-19H2,1-2H3,(H,34,36)/b24-15-. The van der Waals surface area contributed by atoms with E-state index in [1.807, 2.05) is 18.2 Å². The van der Waals surface area contributed by atoms with E-state index in [4.69, 9.17) is 21.1 Å². The number of hydrogen-bond acceptors (Lipinski definition) is 5. The second-order valence-electron chi connectivity index (χ2n) is 11.1. The van der Waals surface area contributed by atoms with Crippen LogP contribution in [0.1, 0.15) is 62.5 Å². The van der Waals surface area contributed by atoms with E-state index < -0.39 is 11.0 Å². The first-order valence-electron chi connectivity index (χ1n) is 14.3. The first kappa shape index (κ1) is 29.1. The lowest BCUT2D eigenvalue weighted by Gasteiger charge is -2.43. The number of rotatable bonds is 4. The third kappa shape index (κ3) is 6.55. The summed E-state index contributed by atoms with van der Waals surface area (Å²) in [5.74, 6) is 0.700. The molecule has 2 aromatic rings. The highest BCUT2D eigenvalue weighted by Gasteiger charge is 2.39. The van der Waals surface area contributed by atoms with E-state index in [-0.39, 0.29) is 42.5 Å². The molecule has 5 rings (SSSR count). The maximum Gasteiger partial charge on any atom is 0.231 e. The molecule has 1 N–H and O–H groups in total. The number of benzene rings is 2. The number of anilines is 1. The summed E-state index contributed by atoms with van der Waals surface area (Å²) in [6, 6.07) is 11.6. The lowest BCUT2D eigenvalue weighted by atomic mass is 9.70. The number of halogens is 2. The van der Waals surface area contributed by atoms with Crippen molar-refractivity contribution in [3.05, 3.63) is 64.5 Å². The van der Waals surface area contributed by atoms with Crippen molar-refractivity contribution in [3.8, 4) is 5.75 Å². The van der Waals surface area contributed by atoms with Crippen molar-refractivity contribution in [3.63, 3.8) is 0 Å². The molecule has 2 heterocycles. The average Bonchev–Trinajstić information content (AvgIpc) is 3.09. The predicted octanol–water partition coefficient (Wildman–Crippen LogP) is 6.49. The van der Waals surface area contributed by atoms with Crippen LogP contribution in [0.15, 0.2) is 53.2 Å². The number of ether oxygens (including phenoxy) is 2. The van der Waals surface area contributed by atoms with Crippen molar-refractivity contribution >= 4 is 34.2 Å². The summed E-state index contributed by atoms with van der Waals surface area (Å²) in [5, 5.41) is 0.729. The zero-order chi connectivity index (χ0) is 28.2. The molecule has 9 heteroatoms. The van der Waals surface area contributed by atoms with Crippen molar-refractivity contribution < 1.29 is 22.9 Å². The molecule has 6 nitrogen and oxygen atoms in total. The lowest BCUT2D eigenvalue weighted by molar-refractivity contribution is -0.119. The van der Waals surface area contributed by atoms with Crippen LogP contribution in [0.3, 0.4) is 0 Å². The summed E-state index contributed by atoms with van der Waals surface area (Å²) in [4.78, 5) is 15.3. The van der Waals surface area contributed by atoms with Crippen LogP contribution in [0.25, 0.3) is 0 Å². The highest BCUT2D eigenvalue weighted by molar-refractivity contribution is 7.83. The molecule has 5 unspecified atom stereocenters. The highest BCUT2D eigenvalue weighted by atomic mass is 35.5. The molecule has 2 aromatic carbocycles. The molecule has 0 aromatic heterocycles. The Morgan fingerprint density at radius 2 is 2.02 bits per heavy atom. The Morgan fingerprint density at radius 1 is 1.18 bits per heavy atom. The largest absolute Gasteiger partial charge is 0.491 e. The van der Waals surface area contributed by atoms with Crippen LogP contribution in [-0.2, 0) is 26.9 Å². The molecule has 1 fully saturated rings. The maximum absolute atomic E-state index is 14.8. The molecule has 0 spiro atoms. The quantitative estimate of drug-likeness (QED) is 0.442. The van der Waals surface area contributed by atoms with Gasteiger partial charge in [0.15, 0.2) is 11.0 Å². The molecule has 5 atom stereocenters. The summed E-state index contributed by atoms with van der Waals surface area (Å²) in [5.41, 5.74) is 3.32. The van der Waals surface area contributed by atoms with Gasteiger partial charge in [0, 0.05) is 37.6 Å². The third-order valence-electron chi connectivity index (χ3n) is 8.43. The van der Waals surface area contributed by atoms with E-state index in [0.29, 0.717) is 30.4 Å². The van der Waals surface area contributed by atoms with E-state index in [2.05, 4.69) is 28.7 Å². The molecule has 0 radical (unpaired) electrons. The minimum atomic E-state index is -1.73. The Morgan fingerprint density at radius 3 is 2.77 bits per heavy atom. The molecular weight excluding hydrogens is 551 g/mol. The molecular formula is C31H38ClFN2O4S. The fourth-order valence-corrected chi connectivity index (χ4v) is 7.24. The average molecular weight is 589 g/mol. The van der Waals surface area contributed by atoms with Gasteiger partial charge in [0.05, 0.1) is 29.1 Å². The normalized spacial score (nSPS) is 28.7. The van der Waals surface area contributed by atoms with Crippen LogP contribution in [-0.4, -0.2) is 43.0 Å². The van der Waals surface area contributed by atoms with Gasteiger partial charge in [-0.15, -0.1) is 0 Å². The molecule has 1 amide bonds. The molecule has 3 aliphatic rings. The van der Waals surface area contributed by atoms with Gasteiger partial charge in [0.1, 0.15) is 5.75 Å². The number of fused-ring (bicyclic) bond motifs is 2. The number of hydrogen-bond donors (Lipinski definition) is 1. The van der Waals surface area contributed by atoms with Crippen LogP contribution in [0.5, 0.6) is 5.75 Å². The fourth-order valence-electron chi connectivity index (χ4n) is 6.20. The van der Waals surface area contributed by atoms with E-state index in [1.54, 1.807) is 19.3 Å². The zero-order valence-corrected chi connectivity index (χ0v) is 24.7. The van der Waals surface area contributed by atoms with Crippen LogP contribution in [0.2, 0.25) is 5.02 Å². The Balaban J connectivity index is 1.53. The Labute approximate surface area is 243 Å². The van der Waals surface area contributed by atoms with Gasteiger partial charge in [0.25, 0.3) is 0 Å². The first-order chi connectivity index (χ1) is 19.4. The van der Waals surface area contributed by atoms with Gasteiger partial charge in [0.2, 0.25) is 5.91 Å². The number of methoxy groups -OCH3 is 1. The van der Waals surface area contributed by atoms with Crippen LogP contribution >= 0.6 is 11.6 Å². The fraction of sp³-hybridized carbons (Fsp3) is 0.516. The summed E-state index contributed by atoms with van der Waals surface area (Å²) in [7, 11) is -0.0885. The van der Waals surface area contributed by atoms with Gasteiger partial charge in [-0.2, -0.15) is 0 Å². The molecule has 1 aliphatic carbocycles. The lowest BCUT2D eigenvalue weighted by Crippen LogP contribution is -2.44. The van der Waals surface area contributed by atoms with E-state index in [0.717, 1.165) is 48.7 Å². The van der Waals surface area contributed by atoms with Crippen LogP contribution in [0.4, 0.5) is 10.1 Å². The monoisotopic (exact) mass is 588 g/mol. The summed E-state index contributed by atoms with van der Waals surface area (Å²) in [6.45, 7) is 4.12. The first-order valence-corrected chi connectivity index (χ1v) is 15.8. The number of amides is 1. The minimum absolute atomic E-state index is 0.0968. The van der Waals surface area contributed by atoms with Gasteiger partial charge < -0.3 is 14.4 Å². The maximum atomic E-state index is 14.8. The second-order valence-corrected chi connectivity index (χ2v) is 12.7. The summed E-state index contributed by atoms with van der Waals surface area (Å²) in [6.07, 6.45) is 5.81. The number of nitrogens with zero attached hydrogens (tertiary/aromatic N) is 1. The molecule has 2 bridgehead atoms.